The first-order valence-corrected chi connectivity index (χ1v) is 16.7. The van der Waals surface area contributed by atoms with Crippen molar-refractivity contribution < 1.29 is 9.30 Å². The number of rotatable bonds is 3. The number of hydrogen-bond donors (Lipinski definition) is 0. The molecule has 0 amide bonds. The summed E-state index contributed by atoms with van der Waals surface area (Å²) in [5.41, 5.74) is 6.47. The summed E-state index contributed by atoms with van der Waals surface area (Å²) in [5, 5.41) is 9.37. The Hall–Kier alpha value is -3.17. The van der Waals surface area contributed by atoms with Crippen molar-refractivity contribution >= 4 is 45.6 Å². The average Bonchev–Trinajstić information content (AvgIpc) is 2.81. The molecule has 1 aromatic heterocycles. The molecule has 0 unspecified atom stereocenters. The molecule has 0 aliphatic carbocycles. The van der Waals surface area contributed by atoms with Gasteiger partial charge in [0.25, 0.3) is 0 Å². The van der Waals surface area contributed by atoms with E-state index in [1.807, 2.05) is 0 Å². The number of hydrogen-bond acceptors (Lipinski definition) is 1. The molecule has 0 bridgehead atoms. The third kappa shape index (κ3) is 3.32. The summed E-state index contributed by atoms with van der Waals surface area (Å²) in [6.07, 6.45) is 3.23. The van der Waals surface area contributed by atoms with Gasteiger partial charge in [-0.15, -0.1) is 0 Å². The van der Waals surface area contributed by atoms with Gasteiger partial charge in [0.15, 0.2) is 6.20 Å². The van der Waals surface area contributed by atoms with Gasteiger partial charge in [-0.05, 0) is 59.4 Å². The van der Waals surface area contributed by atoms with Gasteiger partial charge >= 0.3 is 0 Å². The molecular formula is C33H36NOSi+. The van der Waals surface area contributed by atoms with E-state index >= 15 is 0 Å². The van der Waals surface area contributed by atoms with E-state index in [4.69, 9.17) is 4.74 Å². The molecule has 36 heavy (non-hydrogen) atoms. The van der Waals surface area contributed by atoms with Gasteiger partial charge in [-0.2, -0.15) is 0 Å². The highest BCUT2D eigenvalue weighted by atomic mass is 28.3. The molecule has 2 heterocycles. The Kier molecular flexibility index (Phi) is 5.11. The van der Waals surface area contributed by atoms with Gasteiger partial charge in [-0.3, -0.25) is 0 Å². The van der Waals surface area contributed by atoms with Crippen LogP contribution in [0.4, 0.5) is 0 Å². The van der Waals surface area contributed by atoms with Crippen molar-refractivity contribution in [1.29, 1.82) is 0 Å². The van der Waals surface area contributed by atoms with Gasteiger partial charge in [-0.25, -0.2) is 4.57 Å². The van der Waals surface area contributed by atoms with Gasteiger partial charge in [0, 0.05) is 17.0 Å². The maximum Gasteiger partial charge on any atom is 0.228 e. The van der Waals surface area contributed by atoms with Crippen LogP contribution in [0.2, 0.25) is 19.6 Å². The molecule has 182 valence electrons. The summed E-state index contributed by atoms with van der Waals surface area (Å²) in [5.74, 6) is 2.58. The summed E-state index contributed by atoms with van der Waals surface area (Å²) < 4.78 is 9.33. The molecule has 0 spiro atoms. The second-order valence-corrected chi connectivity index (χ2v) is 17.2. The van der Waals surface area contributed by atoms with E-state index in [0.717, 1.165) is 17.9 Å². The first kappa shape index (κ1) is 23.2. The number of pyridine rings is 1. The van der Waals surface area contributed by atoms with Crippen LogP contribution in [0.1, 0.15) is 30.5 Å². The van der Waals surface area contributed by atoms with Crippen LogP contribution < -0.4 is 14.5 Å². The summed E-state index contributed by atoms with van der Waals surface area (Å²) in [7, 11) is 0.636. The van der Waals surface area contributed by atoms with Gasteiger partial charge in [0.05, 0.1) is 19.0 Å². The van der Waals surface area contributed by atoms with Crippen LogP contribution in [0.5, 0.6) is 11.5 Å². The van der Waals surface area contributed by atoms with Crippen LogP contribution >= 0.6 is 0 Å². The molecule has 0 saturated carbocycles. The van der Waals surface area contributed by atoms with Crippen LogP contribution in [0.15, 0.2) is 54.7 Å². The maximum atomic E-state index is 7.03. The molecule has 6 rings (SSSR count). The molecule has 3 heteroatoms. The predicted octanol–water partition coefficient (Wildman–Crippen LogP) is 8.10. The number of nitrogens with zero attached hydrogens (tertiary/aromatic N) is 1. The lowest BCUT2D eigenvalue weighted by molar-refractivity contribution is -0.659. The van der Waals surface area contributed by atoms with Crippen molar-refractivity contribution in [3.63, 3.8) is 0 Å². The fraction of sp³-hybridized carbons (Fsp3) is 0.303. The van der Waals surface area contributed by atoms with E-state index in [0.29, 0.717) is 5.92 Å². The summed E-state index contributed by atoms with van der Waals surface area (Å²) in [4.78, 5) is 0. The van der Waals surface area contributed by atoms with E-state index < -0.39 is 8.07 Å². The Balaban J connectivity index is 1.81. The number of aryl methyl sites for hydroxylation is 3. The van der Waals surface area contributed by atoms with Gasteiger partial charge in [0.2, 0.25) is 5.69 Å². The molecule has 1 aliphatic heterocycles. The zero-order valence-electron chi connectivity index (χ0n) is 22.8. The summed E-state index contributed by atoms with van der Waals surface area (Å²) >= 11 is 0. The maximum absolute atomic E-state index is 7.03. The quantitative estimate of drug-likeness (QED) is 0.139. The third-order valence-electron chi connectivity index (χ3n) is 7.89. The van der Waals surface area contributed by atoms with Crippen LogP contribution in [0, 0.1) is 19.8 Å². The smallest absolute Gasteiger partial charge is 0.228 e. The average molecular weight is 491 g/mol. The lowest BCUT2D eigenvalue weighted by Gasteiger charge is -2.27. The van der Waals surface area contributed by atoms with Crippen LogP contribution in [-0.2, 0) is 13.5 Å². The van der Waals surface area contributed by atoms with Gasteiger partial charge in [0.1, 0.15) is 18.5 Å². The van der Waals surface area contributed by atoms with E-state index in [2.05, 4.69) is 114 Å². The molecular weight excluding hydrogens is 454 g/mol. The minimum absolute atomic E-state index is 0.533. The van der Waals surface area contributed by atoms with Crippen molar-refractivity contribution in [2.75, 3.05) is 0 Å². The Labute approximate surface area is 215 Å². The second kappa shape index (κ2) is 7.91. The van der Waals surface area contributed by atoms with Crippen LogP contribution in [-0.4, -0.2) is 8.07 Å². The largest absolute Gasteiger partial charge is 0.455 e. The fourth-order valence-corrected chi connectivity index (χ4v) is 7.86. The normalized spacial score (nSPS) is 13.0. The van der Waals surface area contributed by atoms with Crippen molar-refractivity contribution in [2.24, 2.45) is 13.0 Å². The Morgan fingerprint density at radius 3 is 2.36 bits per heavy atom. The lowest BCUT2D eigenvalue weighted by atomic mass is 9.85. The zero-order chi connectivity index (χ0) is 25.5. The summed E-state index contributed by atoms with van der Waals surface area (Å²) in [6, 6.07) is 18.4. The van der Waals surface area contributed by atoms with Crippen molar-refractivity contribution in [2.45, 2.75) is 53.8 Å². The Morgan fingerprint density at radius 1 is 0.861 bits per heavy atom. The highest BCUT2D eigenvalue weighted by Gasteiger charge is 2.34. The standard InChI is InChI=1S/C33H36NOSi/c1-19(2)16-27-23-13-12-20(3)17-25(23)21(4)30-32-31-24(14-15-34(32)5)22-10-9-11-29(36(6,7)8)26(22)18-28(31)35-33(27)30/h9-15,17-19H,16H2,1-8H3/q+1. The molecule has 0 radical (unpaired) electrons. The van der Waals surface area contributed by atoms with Crippen molar-refractivity contribution in [3.05, 3.63) is 71.4 Å². The van der Waals surface area contributed by atoms with Crippen LogP contribution in [0.25, 0.3) is 43.6 Å². The van der Waals surface area contributed by atoms with E-state index in [1.165, 1.54) is 65.5 Å². The van der Waals surface area contributed by atoms with Gasteiger partial charge in [-0.1, -0.05) is 80.6 Å². The molecule has 0 N–H and O–H groups in total. The number of aromatic nitrogens is 1. The molecule has 1 aliphatic rings. The van der Waals surface area contributed by atoms with E-state index in [9.17, 15) is 0 Å². The minimum atomic E-state index is -1.54. The first-order chi connectivity index (χ1) is 17.1. The SMILES string of the molecule is Cc1ccc2c(CC(C)C)c3c(c(C)c2c1)-c1c2c(cc4c([Si](C)(C)C)cccc4c2cc[n+]1C)O3. The van der Waals surface area contributed by atoms with Crippen molar-refractivity contribution in [3.8, 4) is 22.8 Å². The zero-order valence-corrected chi connectivity index (χ0v) is 23.8. The van der Waals surface area contributed by atoms with Gasteiger partial charge < -0.3 is 4.74 Å². The van der Waals surface area contributed by atoms with Crippen molar-refractivity contribution in [1.82, 2.24) is 0 Å². The third-order valence-corrected chi connectivity index (χ3v) is 9.94. The predicted molar refractivity (Wildman–Crippen MR) is 157 cm³/mol. The second-order valence-electron chi connectivity index (χ2n) is 12.1. The topological polar surface area (TPSA) is 13.1 Å². The highest BCUT2D eigenvalue weighted by Crippen LogP contribution is 2.52. The van der Waals surface area contributed by atoms with Crippen LogP contribution in [0.3, 0.4) is 0 Å². The number of ether oxygens (including phenoxy) is 1. The first-order valence-electron chi connectivity index (χ1n) is 13.2. The minimum Gasteiger partial charge on any atom is -0.455 e. The fourth-order valence-electron chi connectivity index (χ4n) is 6.24. The lowest BCUT2D eigenvalue weighted by Crippen LogP contribution is -2.38. The molecule has 0 saturated heterocycles. The number of benzene rings is 4. The summed E-state index contributed by atoms with van der Waals surface area (Å²) in [6.45, 7) is 16.4. The molecule has 5 aromatic rings. The molecule has 4 aromatic carbocycles. The molecule has 0 atom stereocenters. The highest BCUT2D eigenvalue weighted by molar-refractivity contribution is 6.90. The monoisotopic (exact) mass is 490 g/mol. The Bertz CT molecular complexity index is 1720. The van der Waals surface area contributed by atoms with E-state index in [1.54, 1.807) is 0 Å². The molecule has 2 nitrogen and oxygen atoms in total. The Morgan fingerprint density at radius 2 is 1.64 bits per heavy atom. The molecule has 0 fully saturated rings. The van der Waals surface area contributed by atoms with E-state index in [-0.39, 0.29) is 0 Å². The number of fused-ring (bicyclic) bond motifs is 5.